The first-order valence-corrected chi connectivity index (χ1v) is 10.5. The van der Waals surface area contributed by atoms with E-state index in [0.717, 1.165) is 12.8 Å². The summed E-state index contributed by atoms with van der Waals surface area (Å²) in [7, 11) is -0.398. The van der Waals surface area contributed by atoms with Crippen LogP contribution >= 0.6 is 0 Å². The molecule has 1 aromatic carbocycles. The number of hydrogen-bond acceptors (Lipinski definition) is 4. The average molecular weight is 394 g/mol. The predicted octanol–water partition coefficient (Wildman–Crippen LogP) is 1.59. The minimum Gasteiger partial charge on any atom is -0.490 e. The summed E-state index contributed by atoms with van der Waals surface area (Å²) >= 11 is 0. The third kappa shape index (κ3) is 4.17. The molecular weight excluding hydrogens is 366 g/mol. The van der Waals surface area contributed by atoms with Crippen LogP contribution in [0.1, 0.15) is 23.2 Å². The Hall–Kier alpha value is -1.90. The number of hydrogen-bond donors (Lipinski definition) is 0. The Morgan fingerprint density at radius 2 is 2.07 bits per heavy atom. The van der Waals surface area contributed by atoms with Gasteiger partial charge in [0.25, 0.3) is 16.1 Å². The van der Waals surface area contributed by atoms with Gasteiger partial charge in [0.05, 0.1) is 0 Å². The molecule has 0 radical (unpaired) electrons. The summed E-state index contributed by atoms with van der Waals surface area (Å²) in [5.41, 5.74) is 0.561. The lowest BCUT2D eigenvalue weighted by Gasteiger charge is -2.36. The van der Waals surface area contributed by atoms with Crippen LogP contribution in [0.25, 0.3) is 0 Å². The van der Waals surface area contributed by atoms with Crippen molar-refractivity contribution in [2.75, 3.05) is 40.3 Å². The number of ether oxygens (including phenoxy) is 1. The Kier molecular flexibility index (Phi) is 5.88. The lowest BCUT2D eigenvalue weighted by molar-refractivity contribution is 0.0588. The summed E-state index contributed by atoms with van der Waals surface area (Å²) in [6, 6.07) is 7.00. The quantitative estimate of drug-likeness (QED) is 0.689. The molecular formula is C19H27N3O4S. The molecule has 0 aromatic heterocycles. The lowest BCUT2D eigenvalue weighted by Crippen LogP contribution is -2.48. The van der Waals surface area contributed by atoms with E-state index in [1.807, 2.05) is 4.90 Å². The Morgan fingerprint density at radius 3 is 2.78 bits per heavy atom. The van der Waals surface area contributed by atoms with E-state index in [1.54, 1.807) is 44.4 Å². The first-order chi connectivity index (χ1) is 12.8. The standard InChI is InChI=1S/C19H27N3O4S/c1-4-10-26-18-7-5-6-16(11-18)19(23)22-13-15-8-9-17(22)14-21(12-15)27(24,25)20(2)3/h4-7,11,15,17H,1,8-10,12-14H2,2-3H3/t15-,17+/m0/s1. The van der Waals surface area contributed by atoms with E-state index in [-0.39, 0.29) is 17.9 Å². The van der Waals surface area contributed by atoms with E-state index < -0.39 is 10.2 Å². The highest BCUT2D eigenvalue weighted by atomic mass is 32.2. The van der Waals surface area contributed by atoms with E-state index in [4.69, 9.17) is 4.74 Å². The molecule has 0 spiro atoms. The Labute approximate surface area is 161 Å². The Morgan fingerprint density at radius 1 is 1.30 bits per heavy atom. The molecule has 0 unspecified atom stereocenters. The summed E-state index contributed by atoms with van der Waals surface area (Å²) in [6.07, 6.45) is 3.42. The number of rotatable bonds is 6. The second kappa shape index (κ2) is 8.00. The van der Waals surface area contributed by atoms with Crippen LogP contribution in [0.15, 0.2) is 36.9 Å². The molecule has 3 aliphatic heterocycles. The fraction of sp³-hybridized carbons (Fsp3) is 0.526. The van der Waals surface area contributed by atoms with Gasteiger partial charge in [-0.2, -0.15) is 17.0 Å². The number of carbonyl (C=O) groups is 1. The van der Waals surface area contributed by atoms with Gasteiger partial charge >= 0.3 is 0 Å². The second-order valence-corrected chi connectivity index (χ2v) is 9.43. The molecule has 0 aliphatic carbocycles. The molecule has 3 aliphatic rings. The van der Waals surface area contributed by atoms with Crippen LogP contribution in [0.3, 0.4) is 0 Å². The molecule has 4 rings (SSSR count). The summed E-state index contributed by atoms with van der Waals surface area (Å²) in [5, 5.41) is 0. The molecule has 7 nitrogen and oxygen atoms in total. The van der Waals surface area contributed by atoms with Crippen molar-refractivity contribution in [3.63, 3.8) is 0 Å². The second-order valence-electron chi connectivity index (χ2n) is 7.29. The highest BCUT2D eigenvalue weighted by molar-refractivity contribution is 7.86. The zero-order valence-corrected chi connectivity index (χ0v) is 16.7. The fourth-order valence-electron chi connectivity index (χ4n) is 3.75. The SMILES string of the molecule is C=CCOc1cccc(C(=O)N2C[C@H]3CC[C@@H]2CN(S(=O)(=O)N(C)C)C3)c1. The van der Waals surface area contributed by atoms with Crippen LogP contribution in [-0.2, 0) is 10.2 Å². The molecule has 3 fully saturated rings. The van der Waals surface area contributed by atoms with Crippen molar-refractivity contribution in [3.8, 4) is 5.75 Å². The van der Waals surface area contributed by atoms with Gasteiger partial charge in [0.2, 0.25) is 0 Å². The minimum atomic E-state index is -3.48. The molecule has 0 N–H and O–H groups in total. The molecule has 0 saturated carbocycles. The highest BCUT2D eigenvalue weighted by Crippen LogP contribution is 2.31. The third-order valence-electron chi connectivity index (χ3n) is 5.18. The number of amides is 1. The lowest BCUT2D eigenvalue weighted by atomic mass is 9.94. The predicted molar refractivity (Wildman–Crippen MR) is 104 cm³/mol. The van der Waals surface area contributed by atoms with Crippen molar-refractivity contribution in [2.45, 2.75) is 18.9 Å². The molecule has 1 aromatic rings. The van der Waals surface area contributed by atoms with Crippen molar-refractivity contribution in [2.24, 2.45) is 5.92 Å². The van der Waals surface area contributed by atoms with E-state index >= 15 is 0 Å². The smallest absolute Gasteiger partial charge is 0.281 e. The summed E-state index contributed by atoms with van der Waals surface area (Å²) < 4.78 is 33.4. The van der Waals surface area contributed by atoms with E-state index in [9.17, 15) is 13.2 Å². The van der Waals surface area contributed by atoms with Crippen molar-refractivity contribution in [3.05, 3.63) is 42.5 Å². The topological polar surface area (TPSA) is 70.2 Å². The maximum Gasteiger partial charge on any atom is 0.281 e. The van der Waals surface area contributed by atoms with Gasteiger partial charge in [0.1, 0.15) is 12.4 Å². The van der Waals surface area contributed by atoms with Crippen LogP contribution in [0.5, 0.6) is 5.75 Å². The summed E-state index contributed by atoms with van der Waals surface area (Å²) in [5.74, 6) is 0.707. The highest BCUT2D eigenvalue weighted by Gasteiger charge is 2.41. The minimum absolute atomic E-state index is 0.0714. The average Bonchev–Trinajstić information content (AvgIpc) is 2.98. The van der Waals surface area contributed by atoms with Gasteiger partial charge in [0, 0.05) is 45.3 Å². The van der Waals surface area contributed by atoms with E-state index in [1.165, 1.54) is 8.61 Å². The molecule has 148 valence electrons. The van der Waals surface area contributed by atoms with Crippen LogP contribution in [-0.4, -0.2) is 74.2 Å². The van der Waals surface area contributed by atoms with Crippen LogP contribution < -0.4 is 4.74 Å². The van der Waals surface area contributed by atoms with Crippen LogP contribution in [0.2, 0.25) is 0 Å². The van der Waals surface area contributed by atoms with Gasteiger partial charge in [-0.15, -0.1) is 0 Å². The van der Waals surface area contributed by atoms with Crippen molar-refractivity contribution >= 4 is 16.1 Å². The van der Waals surface area contributed by atoms with Crippen LogP contribution in [0, 0.1) is 5.92 Å². The van der Waals surface area contributed by atoms with Crippen molar-refractivity contribution in [1.29, 1.82) is 0 Å². The van der Waals surface area contributed by atoms with Crippen molar-refractivity contribution in [1.82, 2.24) is 13.5 Å². The van der Waals surface area contributed by atoms with Gasteiger partial charge in [-0.3, -0.25) is 4.79 Å². The molecule has 27 heavy (non-hydrogen) atoms. The molecule has 3 saturated heterocycles. The van der Waals surface area contributed by atoms with Gasteiger partial charge < -0.3 is 9.64 Å². The third-order valence-corrected chi connectivity index (χ3v) is 7.05. The molecule has 2 atom stereocenters. The maximum absolute atomic E-state index is 13.1. The van der Waals surface area contributed by atoms with Gasteiger partial charge in [-0.25, -0.2) is 0 Å². The van der Waals surface area contributed by atoms with E-state index in [0.29, 0.717) is 37.6 Å². The number of carbonyl (C=O) groups excluding carboxylic acids is 1. The van der Waals surface area contributed by atoms with Gasteiger partial charge in [0.15, 0.2) is 0 Å². The van der Waals surface area contributed by atoms with Gasteiger partial charge in [-0.05, 0) is 37.0 Å². The molecule has 1 amide bonds. The zero-order chi connectivity index (χ0) is 19.6. The largest absolute Gasteiger partial charge is 0.490 e. The zero-order valence-electron chi connectivity index (χ0n) is 15.9. The molecule has 3 heterocycles. The van der Waals surface area contributed by atoms with Gasteiger partial charge in [-0.1, -0.05) is 18.7 Å². The number of piperidine rings is 1. The Balaban J connectivity index is 1.80. The normalized spacial score (nSPS) is 23.3. The van der Waals surface area contributed by atoms with Crippen molar-refractivity contribution < 1.29 is 17.9 Å². The van der Waals surface area contributed by atoms with E-state index in [2.05, 4.69) is 6.58 Å². The first-order valence-electron chi connectivity index (χ1n) is 9.15. The number of benzene rings is 1. The Bertz CT molecular complexity index is 809. The summed E-state index contributed by atoms with van der Waals surface area (Å²) in [6.45, 7) is 5.39. The number of fused-ring (bicyclic) bond motifs is 4. The monoisotopic (exact) mass is 393 g/mol. The molecule has 2 bridgehead atoms. The maximum atomic E-state index is 13.1. The van der Waals surface area contributed by atoms with Crippen LogP contribution in [0.4, 0.5) is 0 Å². The fourth-order valence-corrected chi connectivity index (χ4v) is 4.97. The molecule has 8 heteroatoms. The summed E-state index contributed by atoms with van der Waals surface area (Å²) in [4.78, 5) is 15.0. The first kappa shape index (κ1) is 19.9. The number of nitrogens with zero attached hydrogens (tertiary/aromatic N) is 3.